The number of hydrogen-bond donors (Lipinski definition) is 0. The normalized spacial score (nSPS) is 20.2. The van der Waals surface area contributed by atoms with Gasteiger partial charge in [-0.15, -0.1) is 0 Å². The van der Waals surface area contributed by atoms with Gasteiger partial charge in [-0.3, -0.25) is 4.21 Å². The molecule has 0 aliphatic carbocycles. The van der Waals surface area contributed by atoms with Gasteiger partial charge in [0, 0.05) is 25.0 Å². The number of rotatable bonds is 3. The van der Waals surface area contributed by atoms with Crippen molar-refractivity contribution in [2.75, 3.05) is 18.8 Å². The fourth-order valence-electron chi connectivity index (χ4n) is 2.44. The van der Waals surface area contributed by atoms with Crippen LogP contribution in [0.2, 0.25) is 5.28 Å². The second-order valence-electron chi connectivity index (χ2n) is 6.61. The zero-order valence-electron chi connectivity index (χ0n) is 13.6. The monoisotopic (exact) mass is 359 g/mol. The van der Waals surface area contributed by atoms with Gasteiger partial charge in [0.1, 0.15) is 10.6 Å². The van der Waals surface area contributed by atoms with Gasteiger partial charge in [0.25, 0.3) is 0 Å². The van der Waals surface area contributed by atoms with E-state index in [9.17, 15) is 9.00 Å². The molecule has 0 saturated carbocycles. The maximum atomic E-state index is 12.4. The van der Waals surface area contributed by atoms with Crippen LogP contribution in [0.25, 0.3) is 0 Å². The number of piperidine rings is 1. The van der Waals surface area contributed by atoms with Crippen LogP contribution in [0.15, 0.2) is 17.3 Å². The first-order valence-corrected chi connectivity index (χ1v) is 9.29. The summed E-state index contributed by atoms with van der Waals surface area (Å²) in [6, 6.07) is 1.61. The molecule has 1 aliphatic heterocycles. The maximum Gasteiger partial charge on any atom is 0.410 e. The van der Waals surface area contributed by atoms with Gasteiger partial charge in [-0.05, 0) is 57.2 Å². The molecule has 1 aromatic heterocycles. The highest BCUT2D eigenvalue weighted by atomic mass is 35.5. The molecule has 0 unspecified atom stereocenters. The van der Waals surface area contributed by atoms with Gasteiger partial charge >= 0.3 is 6.09 Å². The predicted molar refractivity (Wildman–Crippen MR) is 88.8 cm³/mol. The van der Waals surface area contributed by atoms with Crippen molar-refractivity contribution in [2.45, 2.75) is 44.2 Å². The first kappa shape index (κ1) is 18.1. The van der Waals surface area contributed by atoms with Crippen molar-refractivity contribution < 1.29 is 13.7 Å². The van der Waals surface area contributed by atoms with Crippen molar-refractivity contribution in [3.63, 3.8) is 0 Å². The number of carbonyl (C=O) groups excluding carboxylic acids is 1. The van der Waals surface area contributed by atoms with Crippen molar-refractivity contribution in [2.24, 2.45) is 5.92 Å². The van der Waals surface area contributed by atoms with Crippen LogP contribution in [0, 0.1) is 5.92 Å². The second kappa shape index (κ2) is 7.57. The van der Waals surface area contributed by atoms with Gasteiger partial charge in [-0.2, -0.15) is 0 Å². The number of nitrogens with zero attached hydrogens (tertiary/aromatic N) is 3. The number of aromatic nitrogens is 2. The average Bonchev–Trinajstić information content (AvgIpc) is 2.45. The van der Waals surface area contributed by atoms with Gasteiger partial charge < -0.3 is 9.64 Å². The number of carbonyl (C=O) groups is 1. The highest BCUT2D eigenvalue weighted by Gasteiger charge is 2.28. The molecule has 2 heterocycles. The summed E-state index contributed by atoms with van der Waals surface area (Å²) < 4.78 is 17.8. The van der Waals surface area contributed by atoms with E-state index in [0.29, 0.717) is 23.9 Å². The Morgan fingerprint density at radius 3 is 2.91 bits per heavy atom. The zero-order valence-corrected chi connectivity index (χ0v) is 15.2. The molecule has 1 amide bonds. The molecule has 0 bridgehead atoms. The first-order chi connectivity index (χ1) is 10.7. The van der Waals surface area contributed by atoms with Gasteiger partial charge in [0.15, 0.2) is 0 Å². The van der Waals surface area contributed by atoms with E-state index in [1.807, 2.05) is 20.8 Å². The Kier molecular flexibility index (Phi) is 5.97. The first-order valence-electron chi connectivity index (χ1n) is 7.59. The summed E-state index contributed by atoms with van der Waals surface area (Å²) in [6.07, 6.45) is 3.00. The number of amides is 1. The van der Waals surface area contributed by atoms with Gasteiger partial charge in [0.05, 0.1) is 10.8 Å². The number of hydrogen-bond acceptors (Lipinski definition) is 5. The Hall–Kier alpha value is -1.21. The van der Waals surface area contributed by atoms with Crippen molar-refractivity contribution in [1.82, 2.24) is 14.9 Å². The standard InChI is InChI=1S/C15H22ClN3O3S/c1-15(2,3)22-14(20)19-8-4-5-11(9-19)10-23(21)12-6-7-17-13(16)18-12/h6-7,11H,4-5,8-10H2,1-3H3/t11-,23-/m1/s1. The molecule has 2 atom stereocenters. The fraction of sp³-hybridized carbons (Fsp3) is 0.667. The van der Waals surface area contributed by atoms with Gasteiger partial charge in [0.2, 0.25) is 5.28 Å². The summed E-state index contributed by atoms with van der Waals surface area (Å²) in [6.45, 7) is 6.78. The molecule has 0 radical (unpaired) electrons. The van der Waals surface area contributed by atoms with E-state index in [1.165, 1.54) is 6.20 Å². The largest absolute Gasteiger partial charge is 0.444 e. The molecular formula is C15H22ClN3O3S. The predicted octanol–water partition coefficient (Wildman–Crippen LogP) is 2.88. The molecule has 1 saturated heterocycles. The van der Waals surface area contributed by atoms with Crippen LogP contribution in [-0.4, -0.2) is 49.6 Å². The Bertz CT molecular complexity index is 592. The molecular weight excluding hydrogens is 338 g/mol. The number of halogens is 1. The van der Waals surface area contributed by atoms with Crippen molar-refractivity contribution in [3.8, 4) is 0 Å². The molecule has 23 heavy (non-hydrogen) atoms. The van der Waals surface area contributed by atoms with Crippen LogP contribution in [0.4, 0.5) is 4.79 Å². The molecule has 8 heteroatoms. The van der Waals surface area contributed by atoms with Crippen molar-refractivity contribution in [1.29, 1.82) is 0 Å². The lowest BCUT2D eigenvalue weighted by Crippen LogP contribution is -2.44. The molecule has 1 fully saturated rings. The third-order valence-electron chi connectivity index (χ3n) is 3.39. The summed E-state index contributed by atoms with van der Waals surface area (Å²) in [5, 5.41) is 0.522. The van der Waals surface area contributed by atoms with Crippen LogP contribution in [0.3, 0.4) is 0 Å². The molecule has 6 nitrogen and oxygen atoms in total. The van der Waals surface area contributed by atoms with Gasteiger partial charge in [-0.1, -0.05) is 0 Å². The van der Waals surface area contributed by atoms with Crippen LogP contribution < -0.4 is 0 Å². The Morgan fingerprint density at radius 2 is 2.26 bits per heavy atom. The Morgan fingerprint density at radius 1 is 1.52 bits per heavy atom. The molecule has 0 spiro atoms. The quantitative estimate of drug-likeness (QED) is 0.613. The summed E-state index contributed by atoms with van der Waals surface area (Å²) in [5.74, 6) is 0.609. The van der Waals surface area contributed by atoms with E-state index in [2.05, 4.69) is 9.97 Å². The molecule has 0 N–H and O–H groups in total. The summed E-state index contributed by atoms with van der Waals surface area (Å²) >= 11 is 5.73. The molecule has 128 valence electrons. The van der Waals surface area contributed by atoms with E-state index in [0.717, 1.165) is 12.8 Å². The highest BCUT2D eigenvalue weighted by molar-refractivity contribution is 7.84. The maximum absolute atomic E-state index is 12.4. The van der Waals surface area contributed by atoms with Crippen molar-refractivity contribution in [3.05, 3.63) is 17.5 Å². The molecule has 2 rings (SSSR count). The van der Waals surface area contributed by atoms with E-state index < -0.39 is 16.4 Å². The molecule has 1 aliphatic rings. The minimum atomic E-state index is -1.25. The smallest absolute Gasteiger partial charge is 0.410 e. The van der Waals surface area contributed by atoms with Crippen LogP contribution in [-0.2, 0) is 15.5 Å². The van der Waals surface area contributed by atoms with E-state index >= 15 is 0 Å². The van der Waals surface area contributed by atoms with E-state index in [4.69, 9.17) is 16.3 Å². The summed E-state index contributed by atoms with van der Waals surface area (Å²) in [7, 11) is -1.25. The van der Waals surface area contributed by atoms with E-state index in [-0.39, 0.29) is 17.3 Å². The van der Waals surface area contributed by atoms with Crippen LogP contribution in [0.1, 0.15) is 33.6 Å². The summed E-state index contributed by atoms with van der Waals surface area (Å²) in [5.41, 5.74) is -0.509. The number of likely N-dealkylation sites (tertiary alicyclic amines) is 1. The van der Waals surface area contributed by atoms with Crippen molar-refractivity contribution >= 4 is 28.5 Å². The topological polar surface area (TPSA) is 72.4 Å². The third kappa shape index (κ3) is 5.73. The summed E-state index contributed by atoms with van der Waals surface area (Å²) in [4.78, 5) is 21.6. The Labute approximate surface area is 144 Å². The minimum absolute atomic E-state index is 0.0925. The number of ether oxygens (including phenoxy) is 1. The SMILES string of the molecule is CC(C)(C)OC(=O)N1CCC[C@@H](C[S@@](=O)c2ccnc(Cl)n2)C1. The fourth-order valence-corrected chi connectivity index (χ4v) is 3.91. The van der Waals surface area contributed by atoms with Crippen LogP contribution in [0.5, 0.6) is 0 Å². The van der Waals surface area contributed by atoms with Crippen LogP contribution >= 0.6 is 11.6 Å². The highest BCUT2D eigenvalue weighted by Crippen LogP contribution is 2.21. The lowest BCUT2D eigenvalue weighted by Gasteiger charge is -2.33. The molecule has 0 aromatic carbocycles. The zero-order chi connectivity index (χ0) is 17.0. The van der Waals surface area contributed by atoms with Gasteiger partial charge in [-0.25, -0.2) is 14.8 Å². The average molecular weight is 360 g/mol. The minimum Gasteiger partial charge on any atom is -0.444 e. The third-order valence-corrected chi connectivity index (χ3v) is 5.04. The lowest BCUT2D eigenvalue weighted by molar-refractivity contribution is 0.0176. The lowest BCUT2D eigenvalue weighted by atomic mass is 10.0. The Balaban J connectivity index is 1.93. The van der Waals surface area contributed by atoms with E-state index in [1.54, 1.807) is 11.0 Å². The second-order valence-corrected chi connectivity index (χ2v) is 8.39. The molecule has 1 aromatic rings.